The molecule has 0 saturated heterocycles. The second-order valence-corrected chi connectivity index (χ2v) is 5.69. The van der Waals surface area contributed by atoms with Gasteiger partial charge in [-0.3, -0.25) is 10.1 Å². The molecule has 0 spiro atoms. The lowest BCUT2D eigenvalue weighted by Gasteiger charge is -2.07. The summed E-state index contributed by atoms with van der Waals surface area (Å²) in [5, 5.41) is 13.1. The summed E-state index contributed by atoms with van der Waals surface area (Å²) in [6.07, 6.45) is 4.83. The molecule has 0 aliphatic heterocycles. The van der Waals surface area contributed by atoms with E-state index in [4.69, 9.17) is 0 Å². The van der Waals surface area contributed by atoms with Gasteiger partial charge in [0.15, 0.2) is 0 Å². The SMILES string of the molecule is CCCCCCn1c2ccccc2c2cc([N+](=O)[O-])ccc21. The molecule has 0 bridgehead atoms. The van der Waals surface area contributed by atoms with Gasteiger partial charge in [0.2, 0.25) is 0 Å². The van der Waals surface area contributed by atoms with E-state index in [1.54, 1.807) is 12.1 Å². The number of unbranched alkanes of at least 4 members (excludes halogenated alkanes) is 3. The number of non-ortho nitro benzene ring substituents is 1. The maximum Gasteiger partial charge on any atom is 0.270 e. The quantitative estimate of drug-likeness (QED) is 0.353. The first-order valence-corrected chi connectivity index (χ1v) is 7.87. The number of fused-ring (bicyclic) bond motifs is 3. The van der Waals surface area contributed by atoms with Crippen molar-refractivity contribution in [3.63, 3.8) is 0 Å². The molecule has 0 atom stereocenters. The number of rotatable bonds is 6. The zero-order valence-corrected chi connectivity index (χ0v) is 12.8. The molecule has 0 aliphatic rings. The van der Waals surface area contributed by atoms with Gasteiger partial charge in [0.25, 0.3) is 5.69 Å². The highest BCUT2D eigenvalue weighted by Crippen LogP contribution is 2.31. The average Bonchev–Trinajstić information content (AvgIpc) is 2.85. The van der Waals surface area contributed by atoms with Crippen molar-refractivity contribution < 1.29 is 4.92 Å². The van der Waals surface area contributed by atoms with E-state index < -0.39 is 0 Å². The van der Waals surface area contributed by atoms with Gasteiger partial charge in [-0.15, -0.1) is 0 Å². The molecular formula is C18H20N2O2. The van der Waals surface area contributed by atoms with Crippen LogP contribution in [0, 0.1) is 10.1 Å². The zero-order chi connectivity index (χ0) is 15.5. The predicted molar refractivity (Wildman–Crippen MR) is 90.2 cm³/mol. The molecule has 0 saturated carbocycles. The Morgan fingerprint density at radius 3 is 2.55 bits per heavy atom. The van der Waals surface area contributed by atoms with Crippen LogP contribution < -0.4 is 0 Å². The summed E-state index contributed by atoms with van der Waals surface area (Å²) in [4.78, 5) is 10.7. The summed E-state index contributed by atoms with van der Waals surface area (Å²) in [5.74, 6) is 0. The molecule has 2 aromatic carbocycles. The second kappa shape index (κ2) is 6.18. The van der Waals surface area contributed by atoms with Crippen molar-refractivity contribution in [1.82, 2.24) is 4.57 Å². The molecule has 22 heavy (non-hydrogen) atoms. The van der Waals surface area contributed by atoms with Gasteiger partial charge in [-0.2, -0.15) is 0 Å². The monoisotopic (exact) mass is 296 g/mol. The lowest BCUT2D eigenvalue weighted by Crippen LogP contribution is -1.97. The first kappa shape index (κ1) is 14.6. The number of aryl methyl sites for hydroxylation is 1. The Labute approximate surface area is 129 Å². The Bertz CT molecular complexity index is 820. The van der Waals surface area contributed by atoms with Crippen molar-refractivity contribution in [2.45, 2.75) is 39.2 Å². The van der Waals surface area contributed by atoms with Gasteiger partial charge in [0.1, 0.15) is 0 Å². The molecule has 0 unspecified atom stereocenters. The van der Waals surface area contributed by atoms with Crippen molar-refractivity contribution in [3.05, 3.63) is 52.6 Å². The molecule has 1 heterocycles. The van der Waals surface area contributed by atoms with Crippen LogP contribution in [0.2, 0.25) is 0 Å². The summed E-state index contributed by atoms with van der Waals surface area (Å²) in [6, 6.07) is 13.3. The van der Waals surface area contributed by atoms with Crippen molar-refractivity contribution >= 4 is 27.5 Å². The molecule has 4 heteroatoms. The highest BCUT2D eigenvalue weighted by molar-refractivity contribution is 6.08. The van der Waals surface area contributed by atoms with Gasteiger partial charge in [0.05, 0.1) is 4.92 Å². The summed E-state index contributed by atoms with van der Waals surface area (Å²) in [5.41, 5.74) is 2.40. The Morgan fingerprint density at radius 1 is 1.00 bits per heavy atom. The van der Waals surface area contributed by atoms with Crippen LogP contribution in [0.4, 0.5) is 5.69 Å². The highest BCUT2D eigenvalue weighted by atomic mass is 16.6. The highest BCUT2D eigenvalue weighted by Gasteiger charge is 2.14. The predicted octanol–water partition coefficient (Wildman–Crippen LogP) is 5.28. The number of aromatic nitrogens is 1. The number of nitrogens with zero attached hydrogens (tertiary/aromatic N) is 2. The van der Waals surface area contributed by atoms with Crippen molar-refractivity contribution in [3.8, 4) is 0 Å². The summed E-state index contributed by atoms with van der Waals surface area (Å²) in [7, 11) is 0. The standard InChI is InChI=1S/C18H20N2O2/c1-2-3-4-7-12-19-17-9-6-5-8-15(17)16-13-14(20(21)22)10-11-18(16)19/h5-6,8-11,13H,2-4,7,12H2,1H3. The van der Waals surface area contributed by atoms with E-state index in [0.29, 0.717) is 0 Å². The molecule has 0 fully saturated rings. The number of para-hydroxylation sites is 1. The van der Waals surface area contributed by atoms with Gasteiger partial charge >= 0.3 is 0 Å². The molecule has 0 amide bonds. The van der Waals surface area contributed by atoms with Gasteiger partial charge in [-0.05, 0) is 18.6 Å². The Kier molecular flexibility index (Phi) is 4.09. The summed E-state index contributed by atoms with van der Waals surface area (Å²) < 4.78 is 2.30. The molecule has 3 rings (SSSR count). The first-order valence-electron chi connectivity index (χ1n) is 7.87. The van der Waals surface area contributed by atoms with E-state index in [1.807, 2.05) is 24.3 Å². The number of hydrogen-bond donors (Lipinski definition) is 0. The summed E-state index contributed by atoms with van der Waals surface area (Å²) >= 11 is 0. The fraction of sp³-hybridized carbons (Fsp3) is 0.333. The number of hydrogen-bond acceptors (Lipinski definition) is 2. The lowest BCUT2D eigenvalue weighted by atomic mass is 10.1. The molecule has 4 nitrogen and oxygen atoms in total. The molecular weight excluding hydrogens is 276 g/mol. The largest absolute Gasteiger partial charge is 0.340 e. The Balaban J connectivity index is 2.10. The minimum Gasteiger partial charge on any atom is -0.340 e. The zero-order valence-electron chi connectivity index (χ0n) is 12.8. The lowest BCUT2D eigenvalue weighted by molar-refractivity contribution is -0.384. The van der Waals surface area contributed by atoms with Crippen LogP contribution in [-0.2, 0) is 6.54 Å². The number of nitro groups is 1. The van der Waals surface area contributed by atoms with E-state index in [-0.39, 0.29) is 10.6 Å². The fourth-order valence-electron chi connectivity index (χ4n) is 3.09. The number of nitro benzene ring substituents is 1. The smallest absolute Gasteiger partial charge is 0.270 e. The molecule has 0 radical (unpaired) electrons. The average molecular weight is 296 g/mol. The number of benzene rings is 2. The maximum atomic E-state index is 11.0. The second-order valence-electron chi connectivity index (χ2n) is 5.69. The van der Waals surface area contributed by atoms with Crippen molar-refractivity contribution in [1.29, 1.82) is 0 Å². The van der Waals surface area contributed by atoms with Gasteiger partial charge in [-0.1, -0.05) is 44.4 Å². The Hall–Kier alpha value is -2.36. The third-order valence-electron chi connectivity index (χ3n) is 4.20. The minimum absolute atomic E-state index is 0.154. The van der Waals surface area contributed by atoms with Crippen LogP contribution in [0.25, 0.3) is 21.8 Å². The van der Waals surface area contributed by atoms with Crippen LogP contribution in [0.1, 0.15) is 32.6 Å². The van der Waals surface area contributed by atoms with E-state index in [0.717, 1.165) is 34.8 Å². The van der Waals surface area contributed by atoms with Crippen LogP contribution in [-0.4, -0.2) is 9.49 Å². The van der Waals surface area contributed by atoms with E-state index in [1.165, 1.54) is 19.3 Å². The van der Waals surface area contributed by atoms with Crippen LogP contribution in [0.15, 0.2) is 42.5 Å². The fourth-order valence-corrected chi connectivity index (χ4v) is 3.09. The van der Waals surface area contributed by atoms with E-state index in [9.17, 15) is 10.1 Å². The Morgan fingerprint density at radius 2 is 1.77 bits per heavy atom. The molecule has 3 aromatic rings. The van der Waals surface area contributed by atoms with E-state index in [2.05, 4.69) is 17.6 Å². The van der Waals surface area contributed by atoms with E-state index >= 15 is 0 Å². The van der Waals surface area contributed by atoms with Gasteiger partial charge < -0.3 is 4.57 Å². The van der Waals surface area contributed by atoms with Crippen LogP contribution in [0.5, 0.6) is 0 Å². The normalized spacial score (nSPS) is 11.3. The molecule has 114 valence electrons. The first-order chi connectivity index (χ1) is 10.7. The molecule has 1 aromatic heterocycles. The molecule has 0 aliphatic carbocycles. The topological polar surface area (TPSA) is 48.1 Å². The van der Waals surface area contributed by atoms with Gasteiger partial charge in [-0.25, -0.2) is 0 Å². The van der Waals surface area contributed by atoms with Crippen molar-refractivity contribution in [2.75, 3.05) is 0 Å². The summed E-state index contributed by atoms with van der Waals surface area (Å²) in [6.45, 7) is 3.17. The molecule has 0 N–H and O–H groups in total. The van der Waals surface area contributed by atoms with Crippen molar-refractivity contribution in [2.24, 2.45) is 0 Å². The van der Waals surface area contributed by atoms with Gasteiger partial charge in [0, 0.05) is 40.5 Å². The maximum absolute atomic E-state index is 11.0. The third-order valence-corrected chi connectivity index (χ3v) is 4.20. The minimum atomic E-state index is -0.327. The van der Waals surface area contributed by atoms with Crippen LogP contribution in [0.3, 0.4) is 0 Å². The third kappa shape index (κ3) is 2.56. The van der Waals surface area contributed by atoms with Crippen LogP contribution >= 0.6 is 0 Å².